The summed E-state index contributed by atoms with van der Waals surface area (Å²) in [6.07, 6.45) is 0. The van der Waals surface area contributed by atoms with Gasteiger partial charge in [0.1, 0.15) is 11.8 Å². The van der Waals surface area contributed by atoms with Crippen LogP contribution in [0.25, 0.3) is 0 Å². The van der Waals surface area contributed by atoms with E-state index in [0.29, 0.717) is 29.4 Å². The highest BCUT2D eigenvalue weighted by atomic mass is 16.4. The van der Waals surface area contributed by atoms with Crippen LogP contribution >= 0.6 is 0 Å². The second kappa shape index (κ2) is 4.80. The van der Waals surface area contributed by atoms with Gasteiger partial charge in [-0.2, -0.15) is 5.26 Å². The van der Waals surface area contributed by atoms with Gasteiger partial charge in [0.25, 0.3) is 0 Å². The van der Waals surface area contributed by atoms with Crippen LogP contribution in [-0.2, 0) is 6.54 Å². The van der Waals surface area contributed by atoms with Crippen LogP contribution in [0, 0.1) is 25.2 Å². The molecule has 3 N–H and O–H groups in total. The molecule has 0 saturated heterocycles. The number of hydrogen-bond acceptors (Lipinski definition) is 5. The standard InChI is InChI=1S/C13H14N4O/c1-8-9(2)18-12(17-8)7-16-11-5-3-4-10(6-14)13(11)15/h3-5,16H,7,15H2,1-2H3. The highest BCUT2D eigenvalue weighted by molar-refractivity contribution is 5.72. The molecule has 18 heavy (non-hydrogen) atoms. The first kappa shape index (κ1) is 12.0. The van der Waals surface area contributed by atoms with Crippen LogP contribution < -0.4 is 11.1 Å². The van der Waals surface area contributed by atoms with Gasteiger partial charge in [-0.1, -0.05) is 6.07 Å². The molecule has 0 aliphatic rings. The van der Waals surface area contributed by atoms with Crippen molar-refractivity contribution in [3.8, 4) is 6.07 Å². The van der Waals surface area contributed by atoms with Gasteiger partial charge < -0.3 is 15.5 Å². The maximum Gasteiger partial charge on any atom is 0.213 e. The summed E-state index contributed by atoms with van der Waals surface area (Å²) >= 11 is 0. The summed E-state index contributed by atoms with van der Waals surface area (Å²) in [5.41, 5.74) is 8.35. The van der Waals surface area contributed by atoms with E-state index in [0.717, 1.165) is 11.5 Å². The summed E-state index contributed by atoms with van der Waals surface area (Å²) in [4.78, 5) is 4.26. The number of nitrogens with zero attached hydrogens (tertiary/aromatic N) is 2. The van der Waals surface area contributed by atoms with Crippen LogP contribution in [0.15, 0.2) is 22.6 Å². The summed E-state index contributed by atoms with van der Waals surface area (Å²) in [7, 11) is 0. The Morgan fingerprint density at radius 2 is 2.22 bits per heavy atom. The van der Waals surface area contributed by atoms with Crippen LogP contribution in [0.1, 0.15) is 22.9 Å². The Hall–Kier alpha value is -2.48. The predicted molar refractivity (Wildman–Crippen MR) is 68.9 cm³/mol. The number of nitriles is 1. The third-order valence-corrected chi connectivity index (χ3v) is 2.73. The number of aryl methyl sites for hydroxylation is 2. The Morgan fingerprint density at radius 1 is 1.44 bits per heavy atom. The molecule has 0 unspecified atom stereocenters. The van der Waals surface area contributed by atoms with Gasteiger partial charge in [-0.15, -0.1) is 0 Å². The molecule has 0 bridgehead atoms. The van der Waals surface area contributed by atoms with Gasteiger partial charge in [-0.3, -0.25) is 0 Å². The third kappa shape index (κ3) is 2.28. The largest absolute Gasteiger partial charge is 0.444 e. The minimum absolute atomic E-state index is 0.438. The lowest BCUT2D eigenvalue weighted by atomic mass is 10.1. The first-order valence-corrected chi connectivity index (χ1v) is 5.57. The van der Waals surface area contributed by atoms with Crippen molar-refractivity contribution in [3.63, 3.8) is 0 Å². The summed E-state index contributed by atoms with van der Waals surface area (Å²) < 4.78 is 5.45. The van der Waals surface area contributed by atoms with Gasteiger partial charge in [-0.25, -0.2) is 4.98 Å². The van der Waals surface area contributed by atoms with Crippen molar-refractivity contribution in [3.05, 3.63) is 41.1 Å². The van der Waals surface area contributed by atoms with Crippen LogP contribution in [0.2, 0.25) is 0 Å². The maximum atomic E-state index is 8.88. The fourth-order valence-electron chi connectivity index (χ4n) is 1.60. The van der Waals surface area contributed by atoms with E-state index in [1.165, 1.54) is 0 Å². The van der Waals surface area contributed by atoms with E-state index in [9.17, 15) is 0 Å². The van der Waals surface area contributed by atoms with Gasteiger partial charge in [0.15, 0.2) is 0 Å². The van der Waals surface area contributed by atoms with Crippen molar-refractivity contribution >= 4 is 11.4 Å². The van der Waals surface area contributed by atoms with Crippen molar-refractivity contribution in [2.24, 2.45) is 0 Å². The molecule has 0 aliphatic carbocycles. The Labute approximate surface area is 105 Å². The topological polar surface area (TPSA) is 87.9 Å². The predicted octanol–water partition coefficient (Wildman–Crippen LogP) is 2.36. The maximum absolute atomic E-state index is 8.88. The number of oxazole rings is 1. The van der Waals surface area contributed by atoms with E-state index >= 15 is 0 Å². The average Bonchev–Trinajstić information content (AvgIpc) is 2.67. The van der Waals surface area contributed by atoms with Crippen LogP contribution in [0.4, 0.5) is 11.4 Å². The van der Waals surface area contributed by atoms with Gasteiger partial charge in [0, 0.05) is 0 Å². The van der Waals surface area contributed by atoms with Gasteiger partial charge >= 0.3 is 0 Å². The number of nitrogen functional groups attached to an aromatic ring is 1. The SMILES string of the molecule is Cc1nc(CNc2cccc(C#N)c2N)oc1C. The summed E-state index contributed by atoms with van der Waals surface area (Å²) in [6.45, 7) is 4.21. The number of hydrogen-bond donors (Lipinski definition) is 2. The van der Waals surface area contributed by atoms with E-state index in [-0.39, 0.29) is 0 Å². The van der Waals surface area contributed by atoms with Crippen molar-refractivity contribution < 1.29 is 4.42 Å². The first-order chi connectivity index (χ1) is 8.61. The Balaban J connectivity index is 2.14. The van der Waals surface area contributed by atoms with E-state index < -0.39 is 0 Å². The Morgan fingerprint density at radius 3 is 2.83 bits per heavy atom. The number of benzene rings is 1. The molecule has 1 aromatic carbocycles. The molecular formula is C13H14N4O. The molecule has 1 aromatic heterocycles. The summed E-state index contributed by atoms with van der Waals surface area (Å²) in [5.74, 6) is 1.41. The highest BCUT2D eigenvalue weighted by Gasteiger charge is 2.07. The molecular weight excluding hydrogens is 228 g/mol. The minimum Gasteiger partial charge on any atom is -0.444 e. The molecule has 0 amide bonds. The molecule has 2 rings (SSSR count). The van der Waals surface area contributed by atoms with Crippen LogP contribution in [-0.4, -0.2) is 4.98 Å². The highest BCUT2D eigenvalue weighted by Crippen LogP contribution is 2.22. The van der Waals surface area contributed by atoms with E-state index in [1.807, 2.05) is 26.0 Å². The monoisotopic (exact) mass is 242 g/mol. The molecule has 0 fully saturated rings. The molecule has 0 saturated carbocycles. The van der Waals surface area contributed by atoms with Gasteiger partial charge in [0.05, 0.1) is 29.2 Å². The first-order valence-electron chi connectivity index (χ1n) is 5.57. The number of nitrogens with one attached hydrogen (secondary N) is 1. The molecule has 92 valence electrons. The number of anilines is 2. The molecule has 0 atom stereocenters. The van der Waals surface area contributed by atoms with Crippen molar-refractivity contribution in [1.29, 1.82) is 5.26 Å². The quantitative estimate of drug-likeness (QED) is 0.806. The fourth-order valence-corrected chi connectivity index (χ4v) is 1.60. The zero-order chi connectivity index (χ0) is 13.1. The van der Waals surface area contributed by atoms with E-state index in [4.69, 9.17) is 15.4 Å². The second-order valence-electron chi connectivity index (χ2n) is 3.98. The summed E-state index contributed by atoms with van der Waals surface area (Å²) in [5, 5.41) is 12.0. The number of nitrogens with two attached hydrogens (primary N) is 1. The molecule has 5 nitrogen and oxygen atoms in total. The molecule has 0 spiro atoms. The van der Waals surface area contributed by atoms with E-state index in [1.54, 1.807) is 12.1 Å². The lowest BCUT2D eigenvalue weighted by Gasteiger charge is -2.08. The van der Waals surface area contributed by atoms with Crippen LogP contribution in [0.5, 0.6) is 0 Å². The zero-order valence-corrected chi connectivity index (χ0v) is 10.3. The minimum atomic E-state index is 0.438. The molecule has 1 heterocycles. The van der Waals surface area contributed by atoms with Crippen molar-refractivity contribution in [2.75, 3.05) is 11.1 Å². The van der Waals surface area contributed by atoms with Gasteiger partial charge in [-0.05, 0) is 26.0 Å². The molecule has 2 aromatic rings. The normalized spacial score (nSPS) is 10.1. The van der Waals surface area contributed by atoms with Crippen LogP contribution in [0.3, 0.4) is 0 Å². The third-order valence-electron chi connectivity index (χ3n) is 2.73. The molecule has 0 aliphatic heterocycles. The fraction of sp³-hybridized carbons (Fsp3) is 0.231. The molecule has 0 radical (unpaired) electrons. The number of para-hydroxylation sites is 1. The smallest absolute Gasteiger partial charge is 0.213 e. The lowest BCUT2D eigenvalue weighted by molar-refractivity contribution is 0.478. The van der Waals surface area contributed by atoms with E-state index in [2.05, 4.69) is 10.3 Å². The van der Waals surface area contributed by atoms with Gasteiger partial charge in [0.2, 0.25) is 5.89 Å². The van der Waals surface area contributed by atoms with Crippen molar-refractivity contribution in [2.45, 2.75) is 20.4 Å². The average molecular weight is 242 g/mol. The summed E-state index contributed by atoms with van der Waals surface area (Å²) in [6, 6.07) is 7.32. The molecule has 5 heteroatoms. The number of rotatable bonds is 3. The van der Waals surface area contributed by atoms with Crippen molar-refractivity contribution in [1.82, 2.24) is 4.98 Å². The number of aromatic nitrogens is 1. The Kier molecular flexibility index (Phi) is 3.20. The Bertz CT molecular complexity index is 590. The second-order valence-corrected chi connectivity index (χ2v) is 3.98. The zero-order valence-electron chi connectivity index (χ0n) is 10.3. The lowest BCUT2D eigenvalue weighted by Crippen LogP contribution is -2.04.